The van der Waals surface area contributed by atoms with Gasteiger partial charge in [0.25, 0.3) is 5.56 Å². The Bertz CT molecular complexity index is 1520. The summed E-state index contributed by atoms with van der Waals surface area (Å²) in [7, 11) is 1.63. The van der Waals surface area contributed by atoms with Crippen molar-refractivity contribution in [3.63, 3.8) is 0 Å². The van der Waals surface area contributed by atoms with E-state index >= 15 is 0 Å². The van der Waals surface area contributed by atoms with Crippen molar-refractivity contribution < 1.29 is 14.2 Å². The number of aromatic nitrogens is 4. The van der Waals surface area contributed by atoms with Crippen molar-refractivity contribution in [1.29, 1.82) is 0 Å². The average molecular weight is 487 g/mol. The van der Waals surface area contributed by atoms with Crippen molar-refractivity contribution in [2.24, 2.45) is 5.92 Å². The minimum Gasteiger partial charge on any atom is -0.495 e. The number of hydrogen-bond acceptors (Lipinski definition) is 5. The molecule has 7 nitrogen and oxygen atoms in total. The first kappa shape index (κ1) is 23.7. The van der Waals surface area contributed by atoms with Crippen molar-refractivity contribution in [1.82, 2.24) is 19.1 Å². The SMILES string of the molecule is COc1cc(C=C2CC(C)Cn3c2nc(=O)c(CO)c3-c2ccc(F)cc2)ccc1-n1cnc(C)c1. The number of halogens is 1. The number of ether oxygens (including phenoxy) is 1. The third-order valence-corrected chi connectivity index (χ3v) is 6.44. The van der Waals surface area contributed by atoms with E-state index in [1.807, 2.05) is 46.5 Å². The van der Waals surface area contributed by atoms with E-state index in [-0.39, 0.29) is 17.3 Å². The molecule has 0 amide bonds. The van der Waals surface area contributed by atoms with Gasteiger partial charge in [-0.1, -0.05) is 13.0 Å². The van der Waals surface area contributed by atoms with E-state index in [9.17, 15) is 14.3 Å². The molecule has 0 bridgehead atoms. The third-order valence-electron chi connectivity index (χ3n) is 6.44. The summed E-state index contributed by atoms with van der Waals surface area (Å²) in [5.74, 6) is 1.15. The van der Waals surface area contributed by atoms with Crippen molar-refractivity contribution in [2.45, 2.75) is 33.4 Å². The standard InChI is InChI=1S/C28H27FN4O3/c1-17-10-21(11-19-4-9-24(25(12-19)36-3)32-14-18(2)30-16-32)27-31-28(35)23(15-34)26(33(27)13-17)20-5-7-22(29)8-6-20/h4-9,11-12,14,16-17,34H,10,13,15H2,1-3H3. The zero-order valence-corrected chi connectivity index (χ0v) is 20.4. The minimum absolute atomic E-state index is 0.209. The van der Waals surface area contributed by atoms with Gasteiger partial charge in [-0.2, -0.15) is 4.98 Å². The van der Waals surface area contributed by atoms with E-state index in [1.54, 1.807) is 25.6 Å². The van der Waals surface area contributed by atoms with Gasteiger partial charge in [-0.05, 0) is 78.4 Å². The van der Waals surface area contributed by atoms with Crippen molar-refractivity contribution in [3.8, 4) is 22.7 Å². The number of rotatable bonds is 5. The molecule has 0 radical (unpaired) electrons. The molecule has 0 saturated carbocycles. The molecule has 4 aromatic rings. The van der Waals surface area contributed by atoms with Crippen LogP contribution in [0.5, 0.6) is 5.75 Å². The highest BCUT2D eigenvalue weighted by Crippen LogP contribution is 2.35. The molecule has 3 heterocycles. The van der Waals surface area contributed by atoms with Gasteiger partial charge in [-0.3, -0.25) is 4.79 Å². The summed E-state index contributed by atoms with van der Waals surface area (Å²) in [6.07, 6.45) is 6.43. The van der Waals surface area contributed by atoms with Gasteiger partial charge in [-0.15, -0.1) is 0 Å². The summed E-state index contributed by atoms with van der Waals surface area (Å²) >= 11 is 0. The van der Waals surface area contributed by atoms with Crippen LogP contribution in [0.1, 0.15) is 36.0 Å². The smallest absolute Gasteiger partial charge is 0.279 e. The Hall–Kier alpha value is -4.04. The number of methoxy groups -OCH3 is 1. The van der Waals surface area contributed by atoms with Crippen LogP contribution in [-0.2, 0) is 13.2 Å². The summed E-state index contributed by atoms with van der Waals surface area (Å²) in [5.41, 5.74) is 4.57. The lowest BCUT2D eigenvalue weighted by Crippen LogP contribution is -2.29. The first-order valence-corrected chi connectivity index (χ1v) is 11.8. The fraction of sp³-hybridized carbons (Fsp3) is 0.250. The van der Waals surface area contributed by atoms with Crippen LogP contribution in [-0.4, -0.2) is 31.3 Å². The Labute approximate surface area is 208 Å². The molecule has 0 saturated heterocycles. The number of hydrogen-bond donors (Lipinski definition) is 1. The highest BCUT2D eigenvalue weighted by molar-refractivity contribution is 5.81. The number of fused-ring (bicyclic) bond motifs is 1. The quantitative estimate of drug-likeness (QED) is 0.445. The minimum atomic E-state index is -0.480. The predicted octanol–water partition coefficient (Wildman–Crippen LogP) is 4.62. The largest absolute Gasteiger partial charge is 0.495 e. The zero-order chi connectivity index (χ0) is 25.4. The van der Waals surface area contributed by atoms with Crippen LogP contribution >= 0.6 is 0 Å². The molecule has 8 heteroatoms. The molecular weight excluding hydrogens is 459 g/mol. The maximum absolute atomic E-state index is 13.6. The second-order valence-corrected chi connectivity index (χ2v) is 9.18. The lowest BCUT2D eigenvalue weighted by atomic mass is 9.93. The third kappa shape index (κ3) is 4.35. The van der Waals surface area contributed by atoms with Crippen LogP contribution in [0, 0.1) is 18.7 Å². The summed E-state index contributed by atoms with van der Waals surface area (Å²) in [4.78, 5) is 21.6. The zero-order valence-electron chi connectivity index (χ0n) is 20.4. The van der Waals surface area contributed by atoms with Gasteiger partial charge in [0.1, 0.15) is 17.4 Å². The van der Waals surface area contributed by atoms with Gasteiger partial charge in [0.2, 0.25) is 0 Å². The maximum atomic E-state index is 13.6. The second kappa shape index (κ2) is 9.54. The Kier molecular flexibility index (Phi) is 6.28. The lowest BCUT2D eigenvalue weighted by molar-refractivity contribution is 0.278. The van der Waals surface area contributed by atoms with Crippen LogP contribution in [0.2, 0.25) is 0 Å². The number of aliphatic hydroxyl groups is 1. The van der Waals surface area contributed by atoms with E-state index in [4.69, 9.17) is 4.74 Å². The van der Waals surface area contributed by atoms with Gasteiger partial charge in [-0.25, -0.2) is 9.37 Å². The van der Waals surface area contributed by atoms with Gasteiger partial charge >= 0.3 is 0 Å². The van der Waals surface area contributed by atoms with Crippen LogP contribution in [0.3, 0.4) is 0 Å². The molecule has 1 N–H and O–H groups in total. The number of benzene rings is 2. The fourth-order valence-corrected chi connectivity index (χ4v) is 4.82. The molecule has 184 valence electrons. The number of aryl methyl sites for hydroxylation is 1. The van der Waals surface area contributed by atoms with E-state index in [1.165, 1.54) is 12.1 Å². The lowest BCUT2D eigenvalue weighted by Gasteiger charge is -2.29. The summed E-state index contributed by atoms with van der Waals surface area (Å²) < 4.78 is 23.2. The first-order valence-electron chi connectivity index (χ1n) is 11.8. The number of aliphatic hydroxyl groups excluding tert-OH is 1. The van der Waals surface area contributed by atoms with E-state index in [0.717, 1.165) is 28.9 Å². The number of nitrogens with zero attached hydrogens (tertiary/aromatic N) is 4. The summed E-state index contributed by atoms with van der Waals surface area (Å²) in [6.45, 7) is 4.24. The monoisotopic (exact) mass is 486 g/mol. The second-order valence-electron chi connectivity index (χ2n) is 9.18. The van der Waals surface area contributed by atoms with E-state index in [2.05, 4.69) is 16.9 Å². The first-order chi connectivity index (χ1) is 17.4. The van der Waals surface area contributed by atoms with Gasteiger partial charge in [0, 0.05) is 12.7 Å². The molecule has 36 heavy (non-hydrogen) atoms. The fourth-order valence-electron chi connectivity index (χ4n) is 4.82. The molecule has 0 aliphatic carbocycles. The van der Waals surface area contributed by atoms with Crippen LogP contribution < -0.4 is 10.3 Å². The van der Waals surface area contributed by atoms with Gasteiger partial charge < -0.3 is 19.0 Å². The predicted molar refractivity (Wildman–Crippen MR) is 136 cm³/mol. The van der Waals surface area contributed by atoms with Crippen molar-refractivity contribution in [3.05, 3.63) is 93.8 Å². The normalized spacial score (nSPS) is 16.2. The van der Waals surface area contributed by atoms with Gasteiger partial charge in [0.05, 0.1) is 42.7 Å². The summed E-state index contributed by atoms with van der Waals surface area (Å²) in [6, 6.07) is 11.9. The Morgan fingerprint density at radius 1 is 1.22 bits per heavy atom. The van der Waals surface area contributed by atoms with Gasteiger partial charge in [0.15, 0.2) is 0 Å². The molecule has 1 aliphatic rings. The van der Waals surface area contributed by atoms with Crippen LogP contribution in [0.4, 0.5) is 4.39 Å². The molecule has 1 aliphatic heterocycles. The number of imidazole rings is 1. The van der Waals surface area contributed by atoms with Crippen molar-refractivity contribution in [2.75, 3.05) is 7.11 Å². The molecular formula is C28H27FN4O3. The molecule has 1 unspecified atom stereocenters. The summed E-state index contributed by atoms with van der Waals surface area (Å²) in [5, 5.41) is 10.0. The van der Waals surface area contributed by atoms with Crippen molar-refractivity contribution >= 4 is 11.6 Å². The Morgan fingerprint density at radius 2 is 2.00 bits per heavy atom. The average Bonchev–Trinajstić information content (AvgIpc) is 3.30. The highest BCUT2D eigenvalue weighted by atomic mass is 19.1. The van der Waals surface area contributed by atoms with Crippen LogP contribution in [0.15, 0.2) is 59.8 Å². The van der Waals surface area contributed by atoms with E-state index in [0.29, 0.717) is 29.4 Å². The van der Waals surface area contributed by atoms with Crippen LogP contribution in [0.25, 0.3) is 28.6 Å². The molecule has 5 rings (SSSR count). The molecule has 2 aromatic heterocycles. The molecule has 0 fully saturated rings. The maximum Gasteiger partial charge on any atom is 0.279 e. The number of allylic oxidation sites excluding steroid dienone is 1. The molecule has 0 spiro atoms. The highest BCUT2D eigenvalue weighted by Gasteiger charge is 2.26. The topological polar surface area (TPSA) is 82.2 Å². The van der Waals surface area contributed by atoms with E-state index < -0.39 is 12.2 Å². The Balaban J connectivity index is 1.65. The molecule has 1 atom stereocenters. The molecule has 2 aromatic carbocycles. The Morgan fingerprint density at radius 3 is 2.67 bits per heavy atom.